The zero-order valence-electron chi connectivity index (χ0n) is 16.0. The number of piperidine rings is 1. The molecule has 1 aromatic carbocycles. The lowest BCUT2D eigenvalue weighted by Crippen LogP contribution is -2.45. The van der Waals surface area contributed by atoms with Gasteiger partial charge in [-0.1, -0.05) is 32.0 Å². The van der Waals surface area contributed by atoms with Gasteiger partial charge in [-0.05, 0) is 55.7 Å². The Morgan fingerprint density at radius 2 is 1.96 bits per heavy atom. The number of hydrogen-bond acceptors (Lipinski definition) is 3. The van der Waals surface area contributed by atoms with Gasteiger partial charge in [0.1, 0.15) is 0 Å². The first kappa shape index (κ1) is 18.9. The molecule has 0 spiro atoms. The van der Waals surface area contributed by atoms with E-state index in [1.54, 1.807) is 0 Å². The number of hydrogen-bond donors (Lipinski definition) is 2. The first-order chi connectivity index (χ1) is 12.5. The Hall–Kier alpha value is -1.88. The molecule has 2 amide bonds. The molecule has 2 N–H and O–H groups in total. The molecule has 1 heterocycles. The number of anilines is 1. The summed E-state index contributed by atoms with van der Waals surface area (Å²) in [6.07, 6.45) is 4.38. The van der Waals surface area contributed by atoms with Crippen molar-refractivity contribution in [2.75, 3.05) is 31.5 Å². The van der Waals surface area contributed by atoms with E-state index >= 15 is 0 Å². The van der Waals surface area contributed by atoms with E-state index in [-0.39, 0.29) is 17.7 Å². The van der Waals surface area contributed by atoms with Crippen LogP contribution in [0.25, 0.3) is 0 Å². The minimum absolute atomic E-state index is 0.00265. The summed E-state index contributed by atoms with van der Waals surface area (Å²) < 4.78 is 0. The average molecular weight is 357 g/mol. The van der Waals surface area contributed by atoms with Gasteiger partial charge in [0.15, 0.2) is 0 Å². The van der Waals surface area contributed by atoms with Crippen molar-refractivity contribution < 1.29 is 9.59 Å². The Labute approximate surface area is 156 Å². The summed E-state index contributed by atoms with van der Waals surface area (Å²) in [4.78, 5) is 26.9. The normalized spacial score (nSPS) is 20.8. The van der Waals surface area contributed by atoms with Crippen molar-refractivity contribution in [1.29, 1.82) is 0 Å². The SMILES string of the molecule is CC(C)c1ccccc1NC(=O)CN1CCCC(C(=O)NCC2CC2)C1. The van der Waals surface area contributed by atoms with Crippen molar-refractivity contribution in [3.63, 3.8) is 0 Å². The summed E-state index contributed by atoms with van der Waals surface area (Å²) in [5, 5.41) is 6.13. The molecule has 26 heavy (non-hydrogen) atoms. The zero-order chi connectivity index (χ0) is 18.5. The molecule has 1 saturated carbocycles. The number of amides is 2. The Morgan fingerprint density at radius 1 is 1.19 bits per heavy atom. The molecule has 0 radical (unpaired) electrons. The van der Waals surface area contributed by atoms with Gasteiger partial charge in [0, 0.05) is 18.8 Å². The minimum atomic E-state index is -0.00265. The van der Waals surface area contributed by atoms with Crippen LogP contribution in [-0.4, -0.2) is 42.9 Å². The molecule has 2 fully saturated rings. The van der Waals surface area contributed by atoms with Gasteiger partial charge in [-0.15, -0.1) is 0 Å². The lowest BCUT2D eigenvalue weighted by Gasteiger charge is -2.31. The Kier molecular flexibility index (Phi) is 6.30. The monoisotopic (exact) mass is 357 g/mol. The Balaban J connectivity index is 1.50. The standard InChI is InChI=1S/C21H31N3O2/c1-15(2)18-7-3-4-8-19(18)23-20(25)14-24-11-5-6-17(13-24)21(26)22-12-16-9-10-16/h3-4,7-8,15-17H,5-6,9-14H2,1-2H3,(H,22,26)(H,23,25). The molecule has 1 unspecified atom stereocenters. The molecular formula is C21H31N3O2. The number of rotatable bonds is 7. The van der Waals surface area contributed by atoms with Crippen LogP contribution in [0.1, 0.15) is 51.0 Å². The fourth-order valence-electron chi connectivity index (χ4n) is 3.63. The molecule has 0 bridgehead atoms. The summed E-state index contributed by atoms with van der Waals surface area (Å²) >= 11 is 0. The largest absolute Gasteiger partial charge is 0.356 e. The van der Waals surface area contributed by atoms with Crippen molar-refractivity contribution in [2.24, 2.45) is 11.8 Å². The molecule has 142 valence electrons. The summed E-state index contributed by atoms with van der Waals surface area (Å²) in [6.45, 7) is 6.98. The maximum Gasteiger partial charge on any atom is 0.238 e. The van der Waals surface area contributed by atoms with Crippen LogP contribution in [-0.2, 0) is 9.59 Å². The van der Waals surface area contributed by atoms with Crippen molar-refractivity contribution in [3.05, 3.63) is 29.8 Å². The third-order valence-electron chi connectivity index (χ3n) is 5.36. The molecule has 1 aliphatic carbocycles. The highest BCUT2D eigenvalue weighted by Crippen LogP contribution is 2.28. The third kappa shape index (κ3) is 5.31. The van der Waals surface area contributed by atoms with E-state index in [9.17, 15) is 9.59 Å². The van der Waals surface area contributed by atoms with Gasteiger partial charge in [-0.25, -0.2) is 0 Å². The molecule has 1 aromatic rings. The predicted octanol–water partition coefficient (Wildman–Crippen LogP) is 2.99. The highest BCUT2D eigenvalue weighted by atomic mass is 16.2. The van der Waals surface area contributed by atoms with Gasteiger partial charge < -0.3 is 10.6 Å². The van der Waals surface area contributed by atoms with Gasteiger partial charge in [0.2, 0.25) is 11.8 Å². The van der Waals surface area contributed by atoms with Crippen molar-refractivity contribution in [3.8, 4) is 0 Å². The topological polar surface area (TPSA) is 61.4 Å². The zero-order valence-corrected chi connectivity index (χ0v) is 16.0. The van der Waals surface area contributed by atoms with Crippen LogP contribution >= 0.6 is 0 Å². The average Bonchev–Trinajstić information content (AvgIpc) is 3.44. The number of para-hydroxylation sites is 1. The summed E-state index contributed by atoms with van der Waals surface area (Å²) in [5.41, 5.74) is 2.04. The van der Waals surface area contributed by atoms with Crippen LogP contribution in [0.3, 0.4) is 0 Å². The molecule has 0 aromatic heterocycles. The van der Waals surface area contributed by atoms with Gasteiger partial charge in [0.05, 0.1) is 12.5 Å². The van der Waals surface area contributed by atoms with Crippen LogP contribution < -0.4 is 10.6 Å². The van der Waals surface area contributed by atoms with Gasteiger partial charge in [-0.3, -0.25) is 14.5 Å². The fraction of sp³-hybridized carbons (Fsp3) is 0.619. The van der Waals surface area contributed by atoms with Crippen LogP contribution in [0.5, 0.6) is 0 Å². The van der Waals surface area contributed by atoms with Gasteiger partial charge in [0.25, 0.3) is 0 Å². The van der Waals surface area contributed by atoms with Crippen LogP contribution in [0.4, 0.5) is 5.69 Å². The maximum atomic E-state index is 12.5. The number of nitrogens with zero attached hydrogens (tertiary/aromatic N) is 1. The second-order valence-electron chi connectivity index (χ2n) is 8.05. The van der Waals surface area contributed by atoms with Gasteiger partial charge >= 0.3 is 0 Å². The molecule has 5 heteroatoms. The highest BCUT2D eigenvalue weighted by molar-refractivity contribution is 5.93. The lowest BCUT2D eigenvalue weighted by atomic mass is 9.97. The number of benzene rings is 1. The first-order valence-corrected chi connectivity index (χ1v) is 9.91. The Morgan fingerprint density at radius 3 is 2.69 bits per heavy atom. The highest BCUT2D eigenvalue weighted by Gasteiger charge is 2.28. The van der Waals surface area contributed by atoms with Crippen molar-refractivity contribution in [1.82, 2.24) is 10.2 Å². The minimum Gasteiger partial charge on any atom is -0.356 e. The van der Waals surface area contributed by atoms with E-state index in [4.69, 9.17) is 0 Å². The molecule has 1 aliphatic heterocycles. The van der Waals surface area contributed by atoms with E-state index in [2.05, 4.69) is 35.4 Å². The summed E-state index contributed by atoms with van der Waals surface area (Å²) in [7, 11) is 0. The van der Waals surface area contributed by atoms with Crippen molar-refractivity contribution in [2.45, 2.75) is 45.4 Å². The number of nitrogens with one attached hydrogen (secondary N) is 2. The van der Waals surface area contributed by atoms with E-state index in [1.165, 1.54) is 12.8 Å². The van der Waals surface area contributed by atoms with E-state index in [0.717, 1.165) is 37.2 Å². The molecule has 1 saturated heterocycles. The van der Waals surface area contributed by atoms with E-state index in [1.807, 2.05) is 18.2 Å². The molecule has 3 rings (SSSR count). The smallest absolute Gasteiger partial charge is 0.238 e. The quantitative estimate of drug-likeness (QED) is 0.789. The van der Waals surface area contributed by atoms with Crippen LogP contribution in [0, 0.1) is 11.8 Å². The lowest BCUT2D eigenvalue weighted by molar-refractivity contribution is -0.128. The van der Waals surface area contributed by atoms with Crippen LogP contribution in [0.15, 0.2) is 24.3 Å². The van der Waals surface area contributed by atoms with Gasteiger partial charge in [-0.2, -0.15) is 0 Å². The molecular weight excluding hydrogens is 326 g/mol. The fourth-order valence-corrected chi connectivity index (χ4v) is 3.63. The number of likely N-dealkylation sites (tertiary alicyclic amines) is 1. The van der Waals surface area contributed by atoms with E-state index in [0.29, 0.717) is 24.9 Å². The predicted molar refractivity (Wildman–Crippen MR) is 104 cm³/mol. The van der Waals surface area contributed by atoms with E-state index < -0.39 is 0 Å². The molecule has 2 aliphatic rings. The number of carbonyl (C=O) groups excluding carboxylic acids is 2. The second kappa shape index (κ2) is 8.67. The van der Waals surface area contributed by atoms with Crippen LogP contribution in [0.2, 0.25) is 0 Å². The summed E-state index contributed by atoms with van der Waals surface area (Å²) in [6, 6.07) is 7.96. The first-order valence-electron chi connectivity index (χ1n) is 9.91. The molecule has 5 nitrogen and oxygen atoms in total. The maximum absolute atomic E-state index is 12.5. The number of carbonyl (C=O) groups is 2. The third-order valence-corrected chi connectivity index (χ3v) is 5.36. The molecule has 1 atom stereocenters. The Bertz CT molecular complexity index is 640. The van der Waals surface area contributed by atoms with Crippen molar-refractivity contribution >= 4 is 17.5 Å². The summed E-state index contributed by atoms with van der Waals surface area (Å²) in [5.74, 6) is 1.23. The second-order valence-corrected chi connectivity index (χ2v) is 8.05.